The Labute approximate surface area is 125 Å². The molecule has 0 fully saturated rings. The van der Waals surface area contributed by atoms with Crippen LogP contribution in [0.4, 0.5) is 0 Å². The highest BCUT2D eigenvalue weighted by Gasteiger charge is 2.18. The molecule has 0 saturated carbocycles. The second-order valence-electron chi connectivity index (χ2n) is 5.36. The smallest absolute Gasteiger partial charge is 0.194 e. The summed E-state index contributed by atoms with van der Waals surface area (Å²) in [4.78, 5) is 6.72. The third-order valence-electron chi connectivity index (χ3n) is 3.85. The maximum absolute atomic E-state index is 4.41. The summed E-state index contributed by atoms with van der Waals surface area (Å²) in [7, 11) is 3.77. The van der Waals surface area contributed by atoms with Gasteiger partial charge < -0.3 is 10.2 Å². The molecule has 1 aromatic heterocycles. The van der Waals surface area contributed by atoms with Crippen LogP contribution in [0.3, 0.4) is 0 Å². The van der Waals surface area contributed by atoms with Gasteiger partial charge in [0, 0.05) is 45.5 Å². The van der Waals surface area contributed by atoms with Gasteiger partial charge in [-0.1, -0.05) is 24.3 Å². The molecule has 2 aromatic rings. The van der Waals surface area contributed by atoms with Crippen LogP contribution in [-0.4, -0.2) is 34.2 Å². The number of nitrogens with zero attached hydrogens (tertiary/aromatic N) is 4. The lowest BCUT2D eigenvalue weighted by molar-refractivity contribution is 0.378. The van der Waals surface area contributed by atoms with Crippen molar-refractivity contribution in [3.05, 3.63) is 53.3 Å². The first kappa shape index (κ1) is 13.7. The number of fused-ring (bicyclic) bond motifs is 1. The molecule has 21 heavy (non-hydrogen) atoms. The minimum Gasteiger partial charge on any atom is -0.352 e. The minimum absolute atomic E-state index is 0.749. The van der Waals surface area contributed by atoms with Crippen molar-refractivity contribution in [3.8, 4) is 0 Å². The maximum Gasteiger partial charge on any atom is 0.194 e. The summed E-state index contributed by atoms with van der Waals surface area (Å²) >= 11 is 0. The van der Waals surface area contributed by atoms with Gasteiger partial charge >= 0.3 is 0 Å². The van der Waals surface area contributed by atoms with Gasteiger partial charge in [-0.05, 0) is 17.5 Å². The highest BCUT2D eigenvalue weighted by atomic mass is 15.3. The number of hydrogen-bond donors (Lipinski definition) is 1. The van der Waals surface area contributed by atoms with Gasteiger partial charge in [-0.15, -0.1) is 0 Å². The number of nitrogens with one attached hydrogen (secondary N) is 1. The molecule has 0 atom stereocenters. The molecule has 1 aliphatic rings. The Hall–Kier alpha value is -2.30. The third-order valence-corrected chi connectivity index (χ3v) is 3.85. The zero-order chi connectivity index (χ0) is 14.7. The van der Waals surface area contributed by atoms with E-state index in [2.05, 4.69) is 44.6 Å². The fourth-order valence-electron chi connectivity index (χ4n) is 2.75. The Morgan fingerprint density at radius 3 is 2.86 bits per heavy atom. The molecule has 110 valence electrons. The Morgan fingerprint density at radius 2 is 2.14 bits per heavy atom. The zero-order valence-electron chi connectivity index (χ0n) is 12.6. The highest BCUT2D eigenvalue weighted by Crippen LogP contribution is 2.18. The number of aliphatic imine (C=N–C) groups is 1. The van der Waals surface area contributed by atoms with Crippen LogP contribution in [-0.2, 0) is 26.6 Å². The maximum atomic E-state index is 4.41. The molecule has 1 aromatic carbocycles. The van der Waals surface area contributed by atoms with Crippen LogP contribution in [0.1, 0.15) is 16.7 Å². The van der Waals surface area contributed by atoms with Crippen LogP contribution >= 0.6 is 0 Å². The summed E-state index contributed by atoms with van der Waals surface area (Å²) in [6.07, 6.45) is 4.97. The largest absolute Gasteiger partial charge is 0.352 e. The summed E-state index contributed by atoms with van der Waals surface area (Å²) in [6, 6.07) is 8.65. The molecule has 2 heterocycles. The summed E-state index contributed by atoms with van der Waals surface area (Å²) in [6.45, 7) is 2.67. The fraction of sp³-hybridized carbons (Fsp3) is 0.375. The van der Waals surface area contributed by atoms with Crippen LogP contribution < -0.4 is 5.32 Å². The molecule has 0 spiro atoms. The quantitative estimate of drug-likeness (QED) is 0.672. The Morgan fingerprint density at radius 1 is 1.33 bits per heavy atom. The van der Waals surface area contributed by atoms with E-state index in [0.717, 1.165) is 37.6 Å². The lowest BCUT2D eigenvalue weighted by Crippen LogP contribution is -2.43. The second kappa shape index (κ2) is 5.99. The molecule has 1 N–H and O–H groups in total. The van der Waals surface area contributed by atoms with Gasteiger partial charge in [0.1, 0.15) is 0 Å². The summed E-state index contributed by atoms with van der Waals surface area (Å²) in [5, 5.41) is 7.61. The van der Waals surface area contributed by atoms with Crippen molar-refractivity contribution in [2.75, 3.05) is 13.6 Å². The van der Waals surface area contributed by atoms with E-state index in [0.29, 0.717) is 0 Å². The van der Waals surface area contributed by atoms with Gasteiger partial charge in [-0.25, -0.2) is 0 Å². The van der Waals surface area contributed by atoms with Gasteiger partial charge in [0.15, 0.2) is 5.96 Å². The number of aryl methyl sites for hydroxylation is 1. The monoisotopic (exact) mass is 283 g/mol. The van der Waals surface area contributed by atoms with Gasteiger partial charge in [0.05, 0.1) is 6.20 Å². The lowest BCUT2D eigenvalue weighted by atomic mass is 10.0. The first-order valence-corrected chi connectivity index (χ1v) is 7.26. The predicted molar refractivity (Wildman–Crippen MR) is 84.0 cm³/mol. The van der Waals surface area contributed by atoms with Crippen LogP contribution in [0, 0.1) is 0 Å². The van der Waals surface area contributed by atoms with Gasteiger partial charge in [-0.2, -0.15) is 5.10 Å². The lowest BCUT2D eigenvalue weighted by Gasteiger charge is -2.31. The van der Waals surface area contributed by atoms with Crippen LogP contribution in [0.15, 0.2) is 41.7 Å². The van der Waals surface area contributed by atoms with Crippen molar-refractivity contribution in [1.82, 2.24) is 20.0 Å². The van der Waals surface area contributed by atoms with Gasteiger partial charge in [0.25, 0.3) is 0 Å². The predicted octanol–water partition coefficient (Wildman–Crippen LogP) is 1.55. The third kappa shape index (κ3) is 3.07. The van der Waals surface area contributed by atoms with Gasteiger partial charge in [-0.3, -0.25) is 9.67 Å². The molecule has 1 aliphatic heterocycles. The van der Waals surface area contributed by atoms with Crippen molar-refractivity contribution in [2.24, 2.45) is 12.0 Å². The Kier molecular flexibility index (Phi) is 3.90. The van der Waals surface area contributed by atoms with Crippen molar-refractivity contribution in [3.63, 3.8) is 0 Å². The number of hydrogen-bond acceptors (Lipinski definition) is 2. The van der Waals surface area contributed by atoms with Crippen molar-refractivity contribution in [2.45, 2.75) is 19.5 Å². The molecular formula is C16H21N5. The molecule has 0 aliphatic carbocycles. The topological polar surface area (TPSA) is 45.5 Å². The first-order valence-electron chi connectivity index (χ1n) is 7.26. The van der Waals surface area contributed by atoms with Crippen LogP contribution in [0.25, 0.3) is 0 Å². The normalized spacial score (nSPS) is 15.0. The van der Waals surface area contributed by atoms with Crippen LogP contribution in [0.5, 0.6) is 0 Å². The molecule has 5 heteroatoms. The summed E-state index contributed by atoms with van der Waals surface area (Å²) in [5.41, 5.74) is 4.01. The van der Waals surface area contributed by atoms with Crippen molar-refractivity contribution >= 4 is 5.96 Å². The average molecular weight is 283 g/mol. The summed E-state index contributed by atoms with van der Waals surface area (Å²) in [5.74, 6) is 0.952. The zero-order valence-corrected chi connectivity index (χ0v) is 12.6. The number of benzene rings is 1. The van der Waals surface area contributed by atoms with E-state index in [9.17, 15) is 0 Å². The number of guanidine groups is 1. The molecule has 0 saturated heterocycles. The number of rotatable bonds is 2. The minimum atomic E-state index is 0.749. The molecule has 0 unspecified atom stereocenters. The molecule has 0 radical (unpaired) electrons. The SMILES string of the molecule is CN=C(NCc1cnn(C)c1)N1CCc2ccccc2C1. The first-order chi connectivity index (χ1) is 10.3. The van der Waals surface area contributed by atoms with Crippen molar-refractivity contribution in [1.29, 1.82) is 0 Å². The Bertz CT molecular complexity index is 644. The fourth-order valence-corrected chi connectivity index (χ4v) is 2.75. The van der Waals surface area contributed by atoms with Gasteiger partial charge in [0.2, 0.25) is 0 Å². The van der Waals surface area contributed by atoms with E-state index < -0.39 is 0 Å². The summed E-state index contributed by atoms with van der Waals surface area (Å²) < 4.78 is 1.82. The second-order valence-corrected chi connectivity index (χ2v) is 5.36. The van der Waals surface area contributed by atoms with Crippen molar-refractivity contribution < 1.29 is 0 Å². The highest BCUT2D eigenvalue weighted by molar-refractivity contribution is 5.80. The van der Waals surface area contributed by atoms with E-state index in [1.54, 1.807) is 0 Å². The average Bonchev–Trinajstić information content (AvgIpc) is 2.93. The van der Waals surface area contributed by atoms with E-state index in [1.807, 2.05) is 31.2 Å². The molecular weight excluding hydrogens is 262 g/mol. The van der Waals surface area contributed by atoms with E-state index >= 15 is 0 Å². The standard InChI is InChI=1S/C16H21N5/c1-17-16(18-9-13-10-19-20(2)11-13)21-8-7-14-5-3-4-6-15(14)12-21/h3-6,10-11H,7-9,12H2,1-2H3,(H,17,18). The van der Waals surface area contributed by atoms with E-state index in [-0.39, 0.29) is 0 Å². The number of aromatic nitrogens is 2. The van der Waals surface area contributed by atoms with E-state index in [1.165, 1.54) is 11.1 Å². The van der Waals surface area contributed by atoms with Crippen LogP contribution in [0.2, 0.25) is 0 Å². The molecule has 5 nitrogen and oxygen atoms in total. The molecule has 0 bridgehead atoms. The van der Waals surface area contributed by atoms with E-state index in [4.69, 9.17) is 0 Å². The Balaban J connectivity index is 1.65. The molecule has 0 amide bonds. The molecule has 3 rings (SSSR count).